The third-order valence-corrected chi connectivity index (χ3v) is 2.34. The predicted molar refractivity (Wildman–Crippen MR) is 60.5 cm³/mol. The van der Waals surface area contributed by atoms with Crippen molar-refractivity contribution in [1.82, 2.24) is 5.32 Å². The Hall–Kier alpha value is -1.25. The van der Waals surface area contributed by atoms with Gasteiger partial charge in [-0.15, -0.1) is 0 Å². The summed E-state index contributed by atoms with van der Waals surface area (Å²) in [6.07, 6.45) is 8.77. The van der Waals surface area contributed by atoms with Crippen LogP contribution < -0.4 is 5.32 Å². The minimum Gasteiger partial charge on any atom is -0.480 e. The van der Waals surface area contributed by atoms with Crippen LogP contribution in [-0.4, -0.2) is 17.1 Å². The minimum atomic E-state index is -0.774. The molecule has 1 aliphatic carbocycles. The van der Waals surface area contributed by atoms with E-state index >= 15 is 0 Å². The molecule has 0 aliphatic heterocycles. The summed E-state index contributed by atoms with van der Waals surface area (Å²) in [6, 6.07) is -0.473. The summed E-state index contributed by atoms with van der Waals surface area (Å²) >= 11 is 0. The van der Waals surface area contributed by atoms with Crippen molar-refractivity contribution in [2.24, 2.45) is 5.92 Å². The summed E-state index contributed by atoms with van der Waals surface area (Å²) in [6.45, 7) is 4.06. The number of carboxylic acid groups (broad SMARTS) is 1. The lowest BCUT2D eigenvalue weighted by Gasteiger charge is -2.19. The number of hydrogen-bond acceptors (Lipinski definition) is 2. The van der Waals surface area contributed by atoms with Gasteiger partial charge in [-0.05, 0) is 31.3 Å². The molecule has 0 aromatic heterocycles. The monoisotopic (exact) mass is 209 g/mol. The average Bonchev–Trinajstić information content (AvgIpc) is 2.17. The Balaban J connectivity index is 2.54. The Morgan fingerprint density at radius 2 is 2.27 bits per heavy atom. The van der Waals surface area contributed by atoms with Crippen LogP contribution in [0.4, 0.5) is 0 Å². The van der Waals surface area contributed by atoms with E-state index in [2.05, 4.69) is 17.5 Å². The minimum absolute atomic E-state index is 0.381. The molecular weight excluding hydrogens is 190 g/mol. The fourth-order valence-electron chi connectivity index (χ4n) is 1.61. The summed E-state index contributed by atoms with van der Waals surface area (Å²) < 4.78 is 0. The number of aliphatic carboxylic acids is 1. The topological polar surface area (TPSA) is 49.3 Å². The van der Waals surface area contributed by atoms with Gasteiger partial charge in [0.1, 0.15) is 6.04 Å². The van der Waals surface area contributed by atoms with E-state index in [9.17, 15) is 4.79 Å². The lowest BCUT2D eigenvalue weighted by Crippen LogP contribution is -2.37. The summed E-state index contributed by atoms with van der Waals surface area (Å²) in [5.74, 6) is -0.393. The molecule has 15 heavy (non-hydrogen) atoms. The fraction of sp³-hybridized carbons (Fsp3) is 0.583. The van der Waals surface area contributed by atoms with Crippen molar-refractivity contribution in [3.63, 3.8) is 0 Å². The average molecular weight is 209 g/mol. The van der Waals surface area contributed by atoms with Crippen LogP contribution in [0.1, 0.15) is 33.1 Å². The summed E-state index contributed by atoms with van der Waals surface area (Å²) in [4.78, 5) is 11.0. The Morgan fingerprint density at radius 3 is 2.73 bits per heavy atom. The van der Waals surface area contributed by atoms with Crippen LogP contribution in [0.15, 0.2) is 23.9 Å². The summed E-state index contributed by atoms with van der Waals surface area (Å²) in [7, 11) is 0. The maximum absolute atomic E-state index is 11.0. The number of nitrogens with one attached hydrogen (secondary N) is 1. The number of hydrogen-bond donors (Lipinski definition) is 2. The molecule has 84 valence electrons. The van der Waals surface area contributed by atoms with Crippen molar-refractivity contribution < 1.29 is 9.90 Å². The Bertz CT molecular complexity index is 279. The number of allylic oxidation sites excluding steroid dienone is 3. The molecule has 1 rings (SSSR count). The largest absolute Gasteiger partial charge is 0.480 e. The zero-order valence-electron chi connectivity index (χ0n) is 9.36. The van der Waals surface area contributed by atoms with Crippen LogP contribution in [0.25, 0.3) is 0 Å². The zero-order valence-corrected chi connectivity index (χ0v) is 9.36. The molecule has 3 heteroatoms. The molecule has 1 unspecified atom stereocenters. The molecule has 1 aliphatic rings. The molecule has 3 nitrogen and oxygen atoms in total. The second-order valence-electron chi connectivity index (χ2n) is 4.30. The van der Waals surface area contributed by atoms with Crippen molar-refractivity contribution in [3.8, 4) is 0 Å². The highest BCUT2D eigenvalue weighted by atomic mass is 16.4. The quantitative estimate of drug-likeness (QED) is 0.730. The van der Waals surface area contributed by atoms with Crippen LogP contribution in [0.3, 0.4) is 0 Å². The van der Waals surface area contributed by atoms with E-state index < -0.39 is 12.0 Å². The van der Waals surface area contributed by atoms with Crippen molar-refractivity contribution in [2.45, 2.75) is 39.2 Å². The van der Waals surface area contributed by atoms with Crippen molar-refractivity contribution in [2.75, 3.05) is 0 Å². The molecule has 0 amide bonds. The highest BCUT2D eigenvalue weighted by molar-refractivity contribution is 5.73. The second kappa shape index (κ2) is 5.59. The van der Waals surface area contributed by atoms with Gasteiger partial charge in [-0.25, -0.2) is 4.79 Å². The number of rotatable bonds is 5. The van der Waals surface area contributed by atoms with Crippen molar-refractivity contribution in [3.05, 3.63) is 23.9 Å². The second-order valence-corrected chi connectivity index (χ2v) is 4.30. The molecule has 0 spiro atoms. The SMILES string of the molecule is CC(C)CC(NC1=CCCC=C1)C(=O)O. The Kier molecular flexibility index (Phi) is 4.40. The molecule has 0 fully saturated rings. The van der Waals surface area contributed by atoms with Crippen LogP contribution in [0.2, 0.25) is 0 Å². The predicted octanol–water partition coefficient (Wildman–Crippen LogP) is 2.31. The van der Waals surface area contributed by atoms with Crippen LogP contribution in [0.5, 0.6) is 0 Å². The van der Waals surface area contributed by atoms with E-state index in [1.54, 1.807) is 0 Å². The molecule has 0 saturated carbocycles. The van der Waals surface area contributed by atoms with Crippen molar-refractivity contribution in [1.29, 1.82) is 0 Å². The van der Waals surface area contributed by atoms with Gasteiger partial charge < -0.3 is 10.4 Å². The molecule has 0 saturated heterocycles. The normalized spacial score (nSPS) is 17.4. The van der Waals surface area contributed by atoms with Gasteiger partial charge in [0.05, 0.1) is 0 Å². The van der Waals surface area contributed by atoms with Gasteiger partial charge in [-0.3, -0.25) is 0 Å². The van der Waals surface area contributed by atoms with Crippen LogP contribution >= 0.6 is 0 Å². The number of carboxylic acids is 1. The van der Waals surface area contributed by atoms with Gasteiger partial charge in [0, 0.05) is 5.70 Å². The van der Waals surface area contributed by atoms with E-state index in [1.165, 1.54) is 0 Å². The van der Waals surface area contributed by atoms with E-state index in [1.807, 2.05) is 19.9 Å². The third-order valence-electron chi connectivity index (χ3n) is 2.34. The van der Waals surface area contributed by atoms with Crippen molar-refractivity contribution >= 4 is 5.97 Å². The van der Waals surface area contributed by atoms with Gasteiger partial charge in [0.2, 0.25) is 0 Å². The van der Waals surface area contributed by atoms with Gasteiger partial charge in [-0.1, -0.05) is 26.0 Å². The highest BCUT2D eigenvalue weighted by Crippen LogP contribution is 2.11. The molecule has 0 bridgehead atoms. The molecule has 0 radical (unpaired) electrons. The standard InChI is InChI=1S/C12H19NO2/c1-9(2)8-11(12(14)15)13-10-6-4-3-5-7-10/h4,6-7,9,11,13H,3,5,8H2,1-2H3,(H,14,15). The lowest BCUT2D eigenvalue weighted by atomic mass is 10.0. The maximum atomic E-state index is 11.0. The zero-order chi connectivity index (χ0) is 11.3. The number of carbonyl (C=O) groups is 1. The van der Waals surface area contributed by atoms with Gasteiger partial charge in [0.25, 0.3) is 0 Å². The van der Waals surface area contributed by atoms with E-state index in [-0.39, 0.29) is 0 Å². The van der Waals surface area contributed by atoms with Crippen LogP contribution in [0, 0.1) is 5.92 Å². The first-order valence-corrected chi connectivity index (χ1v) is 5.45. The van der Waals surface area contributed by atoms with Gasteiger partial charge in [0.15, 0.2) is 0 Å². The Morgan fingerprint density at radius 1 is 1.53 bits per heavy atom. The lowest BCUT2D eigenvalue weighted by molar-refractivity contribution is -0.139. The first-order valence-electron chi connectivity index (χ1n) is 5.45. The fourth-order valence-corrected chi connectivity index (χ4v) is 1.61. The first kappa shape index (κ1) is 11.8. The molecule has 2 N–H and O–H groups in total. The molecule has 0 heterocycles. The Labute approximate surface area is 90.9 Å². The third kappa shape index (κ3) is 4.19. The van der Waals surface area contributed by atoms with Gasteiger partial charge >= 0.3 is 5.97 Å². The summed E-state index contributed by atoms with van der Waals surface area (Å²) in [5, 5.41) is 12.1. The first-order chi connectivity index (χ1) is 7.09. The molecule has 1 atom stereocenters. The molecular formula is C12H19NO2. The van der Waals surface area contributed by atoms with E-state index in [0.717, 1.165) is 18.5 Å². The molecule has 0 aromatic rings. The summed E-state index contributed by atoms with van der Waals surface area (Å²) in [5.41, 5.74) is 0.939. The molecule has 0 aromatic carbocycles. The maximum Gasteiger partial charge on any atom is 0.326 e. The van der Waals surface area contributed by atoms with E-state index in [4.69, 9.17) is 5.11 Å². The van der Waals surface area contributed by atoms with E-state index in [0.29, 0.717) is 12.3 Å². The smallest absolute Gasteiger partial charge is 0.326 e. The highest BCUT2D eigenvalue weighted by Gasteiger charge is 2.18. The van der Waals surface area contributed by atoms with Crippen LogP contribution in [-0.2, 0) is 4.79 Å². The van der Waals surface area contributed by atoms with Gasteiger partial charge in [-0.2, -0.15) is 0 Å².